The maximum Gasteiger partial charge on any atom is 0.121 e. The van der Waals surface area contributed by atoms with Crippen molar-refractivity contribution >= 4 is 38.3 Å². The molecule has 0 nitrogen and oxygen atoms in total. The smallest absolute Gasteiger partial charge is 0.0630 e. The molecule has 0 N–H and O–H groups in total. The van der Waals surface area contributed by atoms with Gasteiger partial charge in [-0.15, -0.1) is 0 Å². The molecular formula is C17H20Si2. The number of hydrogen-bond acceptors (Lipinski definition) is 0. The Morgan fingerprint density at radius 3 is 1.63 bits per heavy atom. The van der Waals surface area contributed by atoms with E-state index in [1.54, 1.807) is 20.7 Å². The van der Waals surface area contributed by atoms with Gasteiger partial charge in [-0.1, -0.05) is 89.7 Å². The molecule has 1 heterocycles. The van der Waals surface area contributed by atoms with Crippen molar-refractivity contribution in [2.75, 3.05) is 0 Å². The fourth-order valence-electron chi connectivity index (χ4n) is 3.06. The van der Waals surface area contributed by atoms with Gasteiger partial charge in [0.2, 0.25) is 0 Å². The molecule has 2 aromatic rings. The van der Waals surface area contributed by atoms with Crippen molar-refractivity contribution in [2.45, 2.75) is 26.4 Å². The maximum atomic E-state index is 2.45. The molecule has 0 atom stereocenters. The van der Waals surface area contributed by atoms with Gasteiger partial charge in [0.1, 0.15) is 17.6 Å². The molecule has 0 aromatic heterocycles. The normalized spacial score (nSPS) is 15.4. The number of fused-ring (bicyclic) bond motifs is 2. The standard InChI is InChI=1S/C17H20Si2/c1-13(2)12-19-16-10-6-4-8-14(16)18(3)15-9-5-7-11-17(15)19/h4-11,13H,12H2,1-3H3. The molecule has 0 aliphatic carbocycles. The summed E-state index contributed by atoms with van der Waals surface area (Å²) in [4.78, 5) is 0. The Morgan fingerprint density at radius 2 is 1.21 bits per heavy atom. The van der Waals surface area contributed by atoms with Gasteiger partial charge in [-0.25, -0.2) is 0 Å². The number of rotatable bonds is 2. The Kier molecular flexibility index (Phi) is 3.46. The Labute approximate surface area is 119 Å². The minimum atomic E-state index is -0.568. The van der Waals surface area contributed by atoms with E-state index in [2.05, 4.69) is 68.9 Å². The molecule has 96 valence electrons. The van der Waals surface area contributed by atoms with Crippen LogP contribution < -0.4 is 20.7 Å². The quantitative estimate of drug-likeness (QED) is 0.732. The van der Waals surface area contributed by atoms with Gasteiger partial charge in [-0.3, -0.25) is 0 Å². The van der Waals surface area contributed by atoms with E-state index in [4.69, 9.17) is 0 Å². The van der Waals surface area contributed by atoms with Crippen LogP contribution in [0.3, 0.4) is 0 Å². The van der Waals surface area contributed by atoms with Gasteiger partial charge in [-0.05, 0) is 12.0 Å². The zero-order valence-corrected chi connectivity index (χ0v) is 13.9. The first kappa shape index (κ1) is 12.9. The minimum Gasteiger partial charge on any atom is -0.0630 e. The van der Waals surface area contributed by atoms with Crippen LogP contribution in [0, 0.1) is 5.92 Å². The average molecular weight is 281 g/mol. The van der Waals surface area contributed by atoms with E-state index in [1.807, 2.05) is 0 Å². The first-order valence-electron chi connectivity index (χ1n) is 7.07. The number of benzene rings is 2. The van der Waals surface area contributed by atoms with Crippen LogP contribution in [0.2, 0.25) is 12.6 Å². The second kappa shape index (κ2) is 5.10. The van der Waals surface area contributed by atoms with Crippen molar-refractivity contribution < 1.29 is 0 Å². The second-order valence-corrected chi connectivity index (χ2v) is 10.6. The van der Waals surface area contributed by atoms with Crippen LogP contribution in [-0.4, -0.2) is 17.6 Å². The Morgan fingerprint density at radius 1 is 0.789 bits per heavy atom. The molecule has 3 rings (SSSR count). The predicted molar refractivity (Wildman–Crippen MR) is 88.4 cm³/mol. The largest absolute Gasteiger partial charge is 0.121 e. The van der Waals surface area contributed by atoms with E-state index in [0.29, 0.717) is 0 Å². The van der Waals surface area contributed by atoms with E-state index in [1.165, 1.54) is 6.04 Å². The third-order valence-electron chi connectivity index (χ3n) is 3.92. The highest BCUT2D eigenvalue weighted by Gasteiger charge is 2.31. The van der Waals surface area contributed by atoms with Crippen LogP contribution in [0.1, 0.15) is 13.8 Å². The van der Waals surface area contributed by atoms with Gasteiger partial charge in [0.05, 0.1) is 0 Å². The van der Waals surface area contributed by atoms with Crippen molar-refractivity contribution in [3.05, 3.63) is 48.5 Å². The van der Waals surface area contributed by atoms with E-state index >= 15 is 0 Å². The van der Waals surface area contributed by atoms with Gasteiger partial charge in [0.25, 0.3) is 0 Å². The van der Waals surface area contributed by atoms with Crippen LogP contribution in [-0.2, 0) is 0 Å². The van der Waals surface area contributed by atoms with E-state index in [9.17, 15) is 0 Å². The summed E-state index contributed by atoms with van der Waals surface area (Å²) < 4.78 is 0. The zero-order chi connectivity index (χ0) is 13.4. The van der Waals surface area contributed by atoms with Gasteiger partial charge < -0.3 is 0 Å². The highest BCUT2D eigenvalue weighted by atomic mass is 28.3. The summed E-state index contributed by atoms with van der Waals surface area (Å²) in [7, 11) is -1.12. The van der Waals surface area contributed by atoms with Crippen LogP contribution in [0.25, 0.3) is 0 Å². The summed E-state index contributed by atoms with van der Waals surface area (Å²) >= 11 is 0. The first-order valence-corrected chi connectivity index (χ1v) is 10.8. The molecular weight excluding hydrogens is 260 g/mol. The maximum absolute atomic E-state index is 2.45. The predicted octanol–water partition coefficient (Wildman–Crippen LogP) is 1.50. The second-order valence-electron chi connectivity index (χ2n) is 5.79. The van der Waals surface area contributed by atoms with Crippen molar-refractivity contribution in [3.8, 4) is 0 Å². The molecule has 0 unspecified atom stereocenters. The Bertz CT molecular complexity index is 542. The molecule has 0 fully saturated rings. The summed E-state index contributed by atoms with van der Waals surface area (Å²) in [5, 5.41) is 6.72. The lowest BCUT2D eigenvalue weighted by Crippen LogP contribution is -2.67. The first-order chi connectivity index (χ1) is 9.18. The Balaban J connectivity index is 2.17. The SMILES string of the molecule is CC(C)C[Si]1c2ccccc2[Si](C)c2ccccc21. The lowest BCUT2D eigenvalue weighted by atomic mass is 10.3. The van der Waals surface area contributed by atoms with E-state index in [0.717, 1.165) is 5.92 Å². The summed E-state index contributed by atoms with van der Waals surface area (Å²) in [5.74, 6) is 0.778. The molecule has 0 saturated heterocycles. The van der Waals surface area contributed by atoms with Crippen LogP contribution >= 0.6 is 0 Å². The summed E-state index contributed by atoms with van der Waals surface area (Å²) in [6, 6.07) is 19.8. The molecule has 2 heteroatoms. The number of hydrogen-bond donors (Lipinski definition) is 0. The molecule has 1 aliphatic heterocycles. The molecule has 2 aromatic carbocycles. The molecule has 0 saturated carbocycles. The minimum absolute atomic E-state index is 0.549. The summed E-state index contributed by atoms with van der Waals surface area (Å²) in [6.07, 6.45) is 0. The summed E-state index contributed by atoms with van der Waals surface area (Å²) in [5.41, 5.74) is 0. The average Bonchev–Trinajstić information content (AvgIpc) is 2.43. The van der Waals surface area contributed by atoms with Crippen molar-refractivity contribution in [1.82, 2.24) is 0 Å². The lowest BCUT2D eigenvalue weighted by Gasteiger charge is -2.31. The zero-order valence-electron chi connectivity index (χ0n) is 11.9. The molecule has 1 aliphatic rings. The Hall–Kier alpha value is -1.13. The van der Waals surface area contributed by atoms with E-state index in [-0.39, 0.29) is 0 Å². The van der Waals surface area contributed by atoms with Crippen molar-refractivity contribution in [3.63, 3.8) is 0 Å². The molecule has 19 heavy (non-hydrogen) atoms. The topological polar surface area (TPSA) is 0 Å². The monoisotopic (exact) mass is 280 g/mol. The van der Waals surface area contributed by atoms with Gasteiger partial charge in [0, 0.05) is 0 Å². The van der Waals surface area contributed by atoms with Crippen LogP contribution in [0.5, 0.6) is 0 Å². The fourth-order valence-corrected chi connectivity index (χ4v) is 10.0. The van der Waals surface area contributed by atoms with Gasteiger partial charge in [0.15, 0.2) is 0 Å². The molecule has 2 radical (unpaired) electrons. The van der Waals surface area contributed by atoms with Crippen molar-refractivity contribution in [2.24, 2.45) is 5.92 Å². The summed E-state index contributed by atoms with van der Waals surface area (Å²) in [6.45, 7) is 7.17. The molecule has 0 bridgehead atoms. The van der Waals surface area contributed by atoms with Crippen molar-refractivity contribution in [1.29, 1.82) is 0 Å². The van der Waals surface area contributed by atoms with Crippen LogP contribution in [0.4, 0.5) is 0 Å². The third kappa shape index (κ3) is 2.23. The highest BCUT2D eigenvalue weighted by Crippen LogP contribution is 2.09. The van der Waals surface area contributed by atoms with Crippen LogP contribution in [0.15, 0.2) is 48.5 Å². The molecule has 0 spiro atoms. The fraction of sp³-hybridized carbons (Fsp3) is 0.294. The lowest BCUT2D eigenvalue weighted by molar-refractivity contribution is 0.730. The third-order valence-corrected chi connectivity index (χ3v) is 10.3. The highest BCUT2D eigenvalue weighted by molar-refractivity contribution is 7.02. The van der Waals surface area contributed by atoms with Gasteiger partial charge in [-0.2, -0.15) is 0 Å². The van der Waals surface area contributed by atoms with Gasteiger partial charge >= 0.3 is 0 Å². The van der Waals surface area contributed by atoms with E-state index < -0.39 is 17.6 Å². The molecule has 0 amide bonds.